The van der Waals surface area contributed by atoms with Crippen LogP contribution in [0.3, 0.4) is 0 Å². The first-order chi connectivity index (χ1) is 10.9. The van der Waals surface area contributed by atoms with Crippen molar-refractivity contribution in [2.45, 2.75) is 26.4 Å². The first kappa shape index (κ1) is 20.2. The maximum atomic E-state index is 11.4. The molecule has 0 aliphatic rings. The summed E-state index contributed by atoms with van der Waals surface area (Å²) < 4.78 is 8.61. The molecule has 1 N–H and O–H groups in total. The van der Waals surface area contributed by atoms with Crippen LogP contribution >= 0.6 is 0 Å². The molecule has 0 aliphatic carbocycles. The quantitative estimate of drug-likeness (QED) is 0.324. The summed E-state index contributed by atoms with van der Waals surface area (Å²) in [6.07, 6.45) is 8.34. The van der Waals surface area contributed by atoms with Gasteiger partial charge in [0.2, 0.25) is 0 Å². The number of allylic oxidation sites excluding steroid dienone is 6. The van der Waals surface area contributed by atoms with Crippen molar-refractivity contribution in [3.05, 3.63) is 48.6 Å². The lowest BCUT2D eigenvalue weighted by atomic mass is 10.2. The van der Waals surface area contributed by atoms with Crippen molar-refractivity contribution in [2.75, 3.05) is 0 Å². The van der Waals surface area contributed by atoms with Crippen LogP contribution in [0.2, 0.25) is 0 Å². The van der Waals surface area contributed by atoms with Crippen molar-refractivity contribution in [1.29, 1.82) is 0 Å². The summed E-state index contributed by atoms with van der Waals surface area (Å²) in [6.45, 7) is 3.46. The molecule has 0 rings (SSSR count). The molecule has 1 unspecified atom stereocenters. The molecule has 0 saturated heterocycles. The van der Waals surface area contributed by atoms with Crippen LogP contribution in [-0.2, 0) is 28.7 Å². The van der Waals surface area contributed by atoms with Crippen molar-refractivity contribution in [1.82, 2.24) is 0 Å². The Balaban J connectivity index is 4.32. The molecule has 0 amide bonds. The van der Waals surface area contributed by atoms with Gasteiger partial charge in [-0.2, -0.15) is 0 Å². The fourth-order valence-electron chi connectivity index (χ4n) is 1.12. The van der Waals surface area contributed by atoms with E-state index in [2.05, 4.69) is 9.47 Å². The standard InChI is InChI=1S/C16H18O7/c1-3-5-7-9-13(18)22-15(20)11-12(17)16(21)23-14(19)10-8-6-4-2/h3-10,12,17H,11H2,1-2H3. The monoisotopic (exact) mass is 322 g/mol. The Bertz CT molecular complexity index is 553. The van der Waals surface area contributed by atoms with E-state index in [0.717, 1.165) is 12.2 Å². The molecule has 0 radical (unpaired) electrons. The van der Waals surface area contributed by atoms with Crippen molar-refractivity contribution in [3.8, 4) is 0 Å². The zero-order valence-electron chi connectivity index (χ0n) is 12.8. The van der Waals surface area contributed by atoms with Crippen LogP contribution in [0.4, 0.5) is 0 Å². The van der Waals surface area contributed by atoms with Crippen LogP contribution in [0.5, 0.6) is 0 Å². The third-order valence-electron chi connectivity index (χ3n) is 2.12. The highest BCUT2D eigenvalue weighted by atomic mass is 16.6. The SMILES string of the molecule is CC=CC=CC(=O)OC(=O)CC(O)C(=O)OC(=O)C=CC=CC. The highest BCUT2D eigenvalue weighted by molar-refractivity contribution is 5.96. The van der Waals surface area contributed by atoms with Crippen molar-refractivity contribution >= 4 is 23.9 Å². The lowest BCUT2D eigenvalue weighted by molar-refractivity contribution is -0.168. The summed E-state index contributed by atoms with van der Waals surface area (Å²) in [5.41, 5.74) is 0. The molecule has 0 aromatic carbocycles. The molecule has 0 aliphatic heterocycles. The van der Waals surface area contributed by atoms with Gasteiger partial charge < -0.3 is 14.6 Å². The maximum absolute atomic E-state index is 11.4. The number of carbonyl (C=O) groups excluding carboxylic acids is 4. The Morgan fingerprint density at radius 3 is 1.83 bits per heavy atom. The van der Waals surface area contributed by atoms with E-state index in [1.54, 1.807) is 32.1 Å². The first-order valence-corrected chi connectivity index (χ1v) is 6.67. The zero-order chi connectivity index (χ0) is 17.7. The Hall–Kier alpha value is -2.80. The Morgan fingerprint density at radius 1 is 0.870 bits per heavy atom. The van der Waals surface area contributed by atoms with Crippen molar-refractivity contribution in [3.63, 3.8) is 0 Å². The number of aliphatic hydroxyl groups is 1. The molecule has 0 spiro atoms. The van der Waals surface area contributed by atoms with E-state index in [0.29, 0.717) is 0 Å². The van der Waals surface area contributed by atoms with Gasteiger partial charge in [0.05, 0.1) is 6.42 Å². The predicted octanol–water partition coefficient (Wildman–Crippen LogP) is 1.14. The van der Waals surface area contributed by atoms with Crippen LogP contribution < -0.4 is 0 Å². The second kappa shape index (κ2) is 11.8. The molecule has 7 heteroatoms. The van der Waals surface area contributed by atoms with Crippen LogP contribution in [0, 0.1) is 0 Å². The number of carbonyl (C=O) groups is 4. The van der Waals surface area contributed by atoms with Gasteiger partial charge in [0.15, 0.2) is 6.10 Å². The smallest absolute Gasteiger partial charge is 0.343 e. The summed E-state index contributed by atoms with van der Waals surface area (Å²) in [7, 11) is 0. The Kier molecular flexibility index (Phi) is 10.4. The normalized spacial score (nSPS) is 13.0. The van der Waals surface area contributed by atoms with Crippen LogP contribution in [0.1, 0.15) is 20.3 Å². The summed E-state index contributed by atoms with van der Waals surface area (Å²) in [5, 5.41) is 9.43. The van der Waals surface area contributed by atoms with Crippen molar-refractivity contribution < 1.29 is 33.8 Å². The van der Waals surface area contributed by atoms with E-state index >= 15 is 0 Å². The van der Waals surface area contributed by atoms with Gasteiger partial charge in [-0.05, 0) is 13.8 Å². The molecular formula is C16H18O7. The van der Waals surface area contributed by atoms with Gasteiger partial charge in [-0.3, -0.25) is 4.79 Å². The van der Waals surface area contributed by atoms with Gasteiger partial charge in [-0.15, -0.1) is 0 Å². The second-order valence-electron chi connectivity index (χ2n) is 4.02. The van der Waals surface area contributed by atoms with Gasteiger partial charge in [0, 0.05) is 12.2 Å². The number of aliphatic hydroxyl groups excluding tert-OH is 1. The third-order valence-corrected chi connectivity index (χ3v) is 2.12. The van der Waals surface area contributed by atoms with E-state index in [-0.39, 0.29) is 0 Å². The fourth-order valence-corrected chi connectivity index (χ4v) is 1.12. The summed E-state index contributed by atoms with van der Waals surface area (Å²) in [4.78, 5) is 45.0. The molecule has 0 bridgehead atoms. The zero-order valence-corrected chi connectivity index (χ0v) is 12.8. The summed E-state index contributed by atoms with van der Waals surface area (Å²) >= 11 is 0. The lowest BCUT2D eigenvalue weighted by Crippen LogP contribution is -2.29. The van der Waals surface area contributed by atoms with E-state index in [4.69, 9.17) is 0 Å². The van der Waals surface area contributed by atoms with Crippen LogP contribution in [0.15, 0.2) is 48.6 Å². The van der Waals surface area contributed by atoms with Gasteiger partial charge in [0.1, 0.15) is 0 Å². The minimum Gasteiger partial charge on any atom is -0.390 e. The minimum atomic E-state index is -1.91. The molecule has 23 heavy (non-hydrogen) atoms. The highest BCUT2D eigenvalue weighted by Crippen LogP contribution is 2.00. The van der Waals surface area contributed by atoms with E-state index < -0.39 is 36.4 Å². The van der Waals surface area contributed by atoms with Gasteiger partial charge >= 0.3 is 23.9 Å². The number of rotatable bonds is 7. The van der Waals surface area contributed by atoms with E-state index in [1.807, 2.05) is 0 Å². The number of hydrogen-bond acceptors (Lipinski definition) is 7. The van der Waals surface area contributed by atoms with E-state index in [1.165, 1.54) is 18.2 Å². The topological polar surface area (TPSA) is 107 Å². The predicted molar refractivity (Wildman–Crippen MR) is 80.7 cm³/mol. The van der Waals surface area contributed by atoms with Crippen LogP contribution in [0.25, 0.3) is 0 Å². The molecule has 0 saturated carbocycles. The molecule has 1 atom stereocenters. The fraction of sp³-hybridized carbons (Fsp3) is 0.250. The highest BCUT2D eigenvalue weighted by Gasteiger charge is 2.24. The number of hydrogen-bond donors (Lipinski definition) is 1. The van der Waals surface area contributed by atoms with Gasteiger partial charge in [-0.25, -0.2) is 14.4 Å². The largest absolute Gasteiger partial charge is 0.390 e. The second-order valence-corrected chi connectivity index (χ2v) is 4.02. The average molecular weight is 322 g/mol. The van der Waals surface area contributed by atoms with Crippen LogP contribution in [-0.4, -0.2) is 35.1 Å². The lowest BCUT2D eigenvalue weighted by Gasteiger charge is -2.07. The maximum Gasteiger partial charge on any atom is 0.343 e. The molecule has 0 fully saturated rings. The molecule has 0 aromatic heterocycles. The molecule has 0 aromatic rings. The number of ether oxygens (including phenoxy) is 2. The molecule has 0 heterocycles. The Morgan fingerprint density at radius 2 is 1.35 bits per heavy atom. The van der Waals surface area contributed by atoms with E-state index in [9.17, 15) is 24.3 Å². The summed E-state index contributed by atoms with van der Waals surface area (Å²) in [5.74, 6) is -4.37. The molecular weight excluding hydrogens is 304 g/mol. The summed E-state index contributed by atoms with van der Waals surface area (Å²) in [6, 6.07) is 0. The molecule has 7 nitrogen and oxygen atoms in total. The number of esters is 4. The van der Waals surface area contributed by atoms with Crippen molar-refractivity contribution in [2.24, 2.45) is 0 Å². The third kappa shape index (κ3) is 10.6. The average Bonchev–Trinajstić information content (AvgIpc) is 2.47. The first-order valence-electron chi connectivity index (χ1n) is 6.67. The molecule has 124 valence electrons. The van der Waals surface area contributed by atoms with Gasteiger partial charge in [-0.1, -0.05) is 36.5 Å². The Labute approximate surface area is 133 Å². The van der Waals surface area contributed by atoms with Gasteiger partial charge in [0.25, 0.3) is 0 Å². The minimum absolute atomic E-state index is 0.812.